The Balaban J connectivity index is 3.15. The molecule has 0 spiro atoms. The van der Waals surface area contributed by atoms with Gasteiger partial charge in [-0.3, -0.25) is 10.1 Å². The van der Waals surface area contributed by atoms with E-state index in [1.54, 1.807) is 6.92 Å². The lowest BCUT2D eigenvalue weighted by Gasteiger charge is -2.12. The summed E-state index contributed by atoms with van der Waals surface area (Å²) in [4.78, 5) is 19.4. The molecule has 0 fully saturated rings. The van der Waals surface area contributed by atoms with Crippen LogP contribution in [0.3, 0.4) is 0 Å². The van der Waals surface area contributed by atoms with Gasteiger partial charge < -0.3 is 10.1 Å². The molecule has 7 heteroatoms. The molecular formula is C15H26N4O3. The molecule has 1 aromatic rings. The fourth-order valence-corrected chi connectivity index (χ4v) is 1.94. The highest BCUT2D eigenvalue weighted by Gasteiger charge is 2.26. The molecule has 0 unspecified atom stereocenters. The van der Waals surface area contributed by atoms with Gasteiger partial charge in [0.15, 0.2) is 0 Å². The second kappa shape index (κ2) is 8.51. The van der Waals surface area contributed by atoms with Crippen molar-refractivity contribution in [1.82, 2.24) is 9.97 Å². The molecule has 22 heavy (non-hydrogen) atoms. The summed E-state index contributed by atoms with van der Waals surface area (Å²) in [6, 6.07) is 0. The Morgan fingerprint density at radius 2 is 1.91 bits per heavy atom. The molecular weight excluding hydrogens is 284 g/mol. The smallest absolute Gasteiger partial charge is 0.372 e. The van der Waals surface area contributed by atoms with Gasteiger partial charge in [0, 0.05) is 13.0 Å². The summed E-state index contributed by atoms with van der Waals surface area (Å²) in [7, 11) is 0. The summed E-state index contributed by atoms with van der Waals surface area (Å²) in [5, 5.41) is 14.4. The lowest BCUT2D eigenvalue weighted by Crippen LogP contribution is -2.13. The van der Waals surface area contributed by atoms with Crippen LogP contribution in [0.25, 0.3) is 0 Å². The first kappa shape index (κ1) is 18.1. The lowest BCUT2D eigenvalue weighted by atomic mass is 10.1. The van der Waals surface area contributed by atoms with Crippen molar-refractivity contribution in [1.29, 1.82) is 0 Å². The number of nitro groups is 1. The predicted molar refractivity (Wildman–Crippen MR) is 86.3 cm³/mol. The highest BCUT2D eigenvalue weighted by molar-refractivity contribution is 5.61. The van der Waals surface area contributed by atoms with Gasteiger partial charge in [-0.1, -0.05) is 27.7 Å². The van der Waals surface area contributed by atoms with Crippen LogP contribution in [0.15, 0.2) is 0 Å². The van der Waals surface area contributed by atoms with Crippen LogP contribution in [-0.2, 0) is 6.42 Å². The molecule has 0 aliphatic rings. The molecule has 0 aliphatic heterocycles. The molecule has 124 valence electrons. The summed E-state index contributed by atoms with van der Waals surface area (Å²) in [5.41, 5.74) is -0.182. The van der Waals surface area contributed by atoms with E-state index in [-0.39, 0.29) is 17.4 Å². The molecule has 1 heterocycles. The van der Waals surface area contributed by atoms with Gasteiger partial charge in [0.1, 0.15) is 5.82 Å². The third kappa shape index (κ3) is 5.46. The van der Waals surface area contributed by atoms with Crippen LogP contribution in [0.5, 0.6) is 5.88 Å². The van der Waals surface area contributed by atoms with Crippen molar-refractivity contribution >= 4 is 11.5 Å². The highest BCUT2D eigenvalue weighted by atomic mass is 16.6. The molecule has 0 aliphatic carbocycles. The van der Waals surface area contributed by atoms with Gasteiger partial charge >= 0.3 is 5.69 Å². The van der Waals surface area contributed by atoms with Gasteiger partial charge in [0.2, 0.25) is 5.82 Å². The lowest BCUT2D eigenvalue weighted by molar-refractivity contribution is -0.385. The van der Waals surface area contributed by atoms with Crippen LogP contribution >= 0.6 is 0 Å². The number of aromatic nitrogens is 2. The largest absolute Gasteiger partial charge is 0.473 e. The summed E-state index contributed by atoms with van der Waals surface area (Å²) >= 11 is 0. The number of ether oxygens (including phenoxy) is 1. The van der Waals surface area contributed by atoms with Gasteiger partial charge in [0.05, 0.1) is 11.5 Å². The first-order valence-electron chi connectivity index (χ1n) is 7.77. The van der Waals surface area contributed by atoms with Gasteiger partial charge in [-0.15, -0.1) is 0 Å². The van der Waals surface area contributed by atoms with E-state index in [4.69, 9.17) is 4.74 Å². The maximum absolute atomic E-state index is 11.4. The van der Waals surface area contributed by atoms with Crippen molar-refractivity contribution in [3.05, 3.63) is 15.9 Å². The Morgan fingerprint density at radius 3 is 2.41 bits per heavy atom. The average molecular weight is 310 g/mol. The van der Waals surface area contributed by atoms with Crippen LogP contribution in [0.4, 0.5) is 11.5 Å². The minimum absolute atomic E-state index is 0.0465. The third-order valence-electron chi connectivity index (χ3n) is 2.97. The number of hydrogen-bond acceptors (Lipinski definition) is 6. The van der Waals surface area contributed by atoms with E-state index in [1.165, 1.54) is 0 Å². The van der Waals surface area contributed by atoms with E-state index in [0.29, 0.717) is 37.2 Å². The molecule has 0 saturated heterocycles. The molecule has 1 aromatic heterocycles. The van der Waals surface area contributed by atoms with E-state index >= 15 is 0 Å². The Hall–Kier alpha value is -1.92. The van der Waals surface area contributed by atoms with Crippen molar-refractivity contribution in [2.45, 2.75) is 47.5 Å². The normalized spacial score (nSPS) is 11.0. The van der Waals surface area contributed by atoms with Crippen LogP contribution in [0, 0.1) is 22.0 Å². The number of hydrogen-bond donors (Lipinski definition) is 1. The first-order chi connectivity index (χ1) is 10.3. The second-order valence-corrected chi connectivity index (χ2v) is 6.04. The molecule has 0 saturated carbocycles. The van der Waals surface area contributed by atoms with Gasteiger partial charge in [-0.05, 0) is 25.2 Å². The van der Waals surface area contributed by atoms with Crippen LogP contribution in [0.1, 0.15) is 46.9 Å². The van der Waals surface area contributed by atoms with E-state index in [2.05, 4.69) is 43.0 Å². The molecule has 7 nitrogen and oxygen atoms in total. The minimum atomic E-state index is -0.484. The van der Waals surface area contributed by atoms with Crippen molar-refractivity contribution in [3.8, 4) is 5.88 Å². The summed E-state index contributed by atoms with van der Waals surface area (Å²) < 4.78 is 5.36. The number of anilines is 1. The summed E-state index contributed by atoms with van der Waals surface area (Å²) in [6.07, 6.45) is 1.56. The molecule has 1 N–H and O–H groups in total. The zero-order chi connectivity index (χ0) is 16.7. The van der Waals surface area contributed by atoms with Gasteiger partial charge in [0.25, 0.3) is 5.88 Å². The Labute approximate surface area is 131 Å². The number of rotatable bonds is 9. The van der Waals surface area contributed by atoms with Gasteiger partial charge in [-0.2, -0.15) is 4.98 Å². The maximum Gasteiger partial charge on any atom is 0.372 e. The second-order valence-electron chi connectivity index (χ2n) is 6.04. The van der Waals surface area contributed by atoms with Crippen molar-refractivity contribution in [3.63, 3.8) is 0 Å². The van der Waals surface area contributed by atoms with E-state index in [1.807, 2.05) is 0 Å². The Kier molecular flexibility index (Phi) is 7.01. The molecule has 0 bridgehead atoms. The first-order valence-corrected chi connectivity index (χ1v) is 7.77. The summed E-state index contributed by atoms with van der Waals surface area (Å²) in [5.74, 6) is 1.73. The molecule has 1 rings (SSSR count). The molecule has 0 amide bonds. The number of nitrogens with zero attached hydrogens (tertiary/aromatic N) is 3. The quantitative estimate of drug-likeness (QED) is 0.555. The standard InChI is InChI=1S/C15H26N4O3/c1-6-22-15-13(19(20)21)14(16-8-7-10(2)3)17-12(18-15)9-11(4)5/h10-11H,6-9H2,1-5H3,(H,16,17,18). The minimum Gasteiger partial charge on any atom is -0.473 e. The van der Waals surface area contributed by atoms with Crippen molar-refractivity contribution in [2.75, 3.05) is 18.5 Å². The topological polar surface area (TPSA) is 90.2 Å². The monoisotopic (exact) mass is 310 g/mol. The van der Waals surface area contributed by atoms with E-state index < -0.39 is 4.92 Å². The Bertz CT molecular complexity index is 504. The zero-order valence-electron chi connectivity index (χ0n) is 14.0. The number of nitrogens with one attached hydrogen (secondary N) is 1. The molecule has 0 radical (unpaired) electrons. The summed E-state index contributed by atoms with van der Waals surface area (Å²) in [6.45, 7) is 11.0. The van der Waals surface area contributed by atoms with Crippen LogP contribution in [-0.4, -0.2) is 28.0 Å². The fraction of sp³-hybridized carbons (Fsp3) is 0.733. The third-order valence-corrected chi connectivity index (χ3v) is 2.97. The van der Waals surface area contributed by atoms with Crippen molar-refractivity contribution < 1.29 is 9.66 Å². The average Bonchev–Trinajstić information content (AvgIpc) is 2.37. The highest BCUT2D eigenvalue weighted by Crippen LogP contribution is 2.32. The van der Waals surface area contributed by atoms with E-state index in [9.17, 15) is 10.1 Å². The van der Waals surface area contributed by atoms with Crippen LogP contribution < -0.4 is 10.1 Å². The van der Waals surface area contributed by atoms with E-state index in [0.717, 1.165) is 6.42 Å². The van der Waals surface area contributed by atoms with Gasteiger partial charge in [-0.25, -0.2) is 4.98 Å². The fourth-order valence-electron chi connectivity index (χ4n) is 1.94. The zero-order valence-corrected chi connectivity index (χ0v) is 14.0. The van der Waals surface area contributed by atoms with Crippen molar-refractivity contribution in [2.24, 2.45) is 11.8 Å². The van der Waals surface area contributed by atoms with Crippen LogP contribution in [0.2, 0.25) is 0 Å². The molecule has 0 aromatic carbocycles. The molecule has 0 atom stereocenters. The maximum atomic E-state index is 11.4. The predicted octanol–water partition coefficient (Wildman–Crippen LogP) is 3.44. The SMILES string of the molecule is CCOc1nc(CC(C)C)nc(NCCC(C)C)c1[N+](=O)[O-]. The Morgan fingerprint density at radius 1 is 1.23 bits per heavy atom.